The molecule has 0 saturated heterocycles. The van der Waals surface area contributed by atoms with Crippen LogP contribution in [0.2, 0.25) is 0 Å². The van der Waals surface area contributed by atoms with Crippen molar-refractivity contribution in [3.8, 4) is 0 Å². The lowest BCUT2D eigenvalue weighted by molar-refractivity contribution is -0.117. The van der Waals surface area contributed by atoms with Crippen LogP contribution in [0.25, 0.3) is 5.57 Å². The van der Waals surface area contributed by atoms with E-state index in [1.807, 2.05) is 0 Å². The molecule has 0 radical (unpaired) electrons. The van der Waals surface area contributed by atoms with E-state index >= 15 is 0 Å². The summed E-state index contributed by atoms with van der Waals surface area (Å²) in [5.74, 6) is 2.47. The highest BCUT2D eigenvalue weighted by Crippen LogP contribution is 2.35. The largest absolute Gasteiger partial charge is 0.358 e. The van der Waals surface area contributed by atoms with E-state index in [0.717, 1.165) is 36.7 Å². The van der Waals surface area contributed by atoms with Gasteiger partial charge in [0.2, 0.25) is 5.91 Å². The lowest BCUT2D eigenvalue weighted by atomic mass is 9.78. The van der Waals surface area contributed by atoms with Gasteiger partial charge in [-0.25, -0.2) is 0 Å². The number of unbranched alkanes of at least 4 members (excludes halogenated alkanes) is 40. The molecule has 2 N–H and O–H groups in total. The van der Waals surface area contributed by atoms with Crippen LogP contribution in [-0.4, -0.2) is 17.4 Å². The fourth-order valence-electron chi connectivity index (χ4n) is 12.7. The summed E-state index contributed by atoms with van der Waals surface area (Å²) in [5, 5.41) is 3.31. The van der Waals surface area contributed by atoms with Gasteiger partial charge in [-0.3, -0.25) is 4.79 Å². The Morgan fingerprint density at radius 3 is 0.949 bits per heavy atom. The Bertz CT molecular complexity index is 1390. The summed E-state index contributed by atoms with van der Waals surface area (Å²) in [6.07, 6.45) is 75.0. The number of carbonyl (C=O) groups is 1. The number of nitrogens with one attached hydrogen (secondary N) is 2. The quantitative estimate of drug-likeness (QED) is 0.0496. The zero-order chi connectivity index (χ0) is 56.8. The number of amides is 1. The van der Waals surface area contributed by atoms with E-state index in [9.17, 15) is 4.79 Å². The zero-order valence-electron chi connectivity index (χ0n) is 55.2. The van der Waals surface area contributed by atoms with E-state index in [4.69, 9.17) is 0 Å². The highest BCUT2D eigenvalue weighted by molar-refractivity contribution is 6.00. The second kappa shape index (κ2) is 54.7. The van der Waals surface area contributed by atoms with Crippen molar-refractivity contribution < 1.29 is 4.79 Å². The van der Waals surface area contributed by atoms with Gasteiger partial charge in [0.15, 0.2) is 0 Å². The standard InChI is InChI=1S/C75H144N2O/c1-10-15-19-23-27-31-35-39-43-49-57-68(58-50-44-40-36-32-28-24-20-16-11-2)61-53-47-48-54-64-71(74(78)76-14-5)70(72-65-66-73(77-72)75(8,9)67(6)7)63-56-55-62-69(59-51-45-41-37-33-29-25-21-17-12-3)60-52-46-42-38-34-30-26-22-18-13-4/h65-69,77H,10-64H2,1-9H3,(H,76,78)/b71-70+. The van der Waals surface area contributed by atoms with Crippen LogP contribution < -0.4 is 5.32 Å². The average Bonchev–Trinajstić information content (AvgIpc) is 3.98. The topological polar surface area (TPSA) is 44.9 Å². The number of aromatic amines is 1. The van der Waals surface area contributed by atoms with E-state index in [1.165, 1.54) is 344 Å². The first-order valence-electron chi connectivity index (χ1n) is 36.4. The molecule has 1 heterocycles. The van der Waals surface area contributed by atoms with Crippen LogP contribution in [0.4, 0.5) is 0 Å². The minimum Gasteiger partial charge on any atom is -0.358 e. The maximum Gasteiger partial charge on any atom is 0.247 e. The number of rotatable bonds is 61. The third kappa shape index (κ3) is 41.5. The molecular formula is C75H144N2O. The summed E-state index contributed by atoms with van der Waals surface area (Å²) in [7, 11) is 0. The second-order valence-corrected chi connectivity index (χ2v) is 26.8. The first kappa shape index (κ1) is 74.5. The number of carbonyl (C=O) groups excluding carboxylic acids is 1. The molecule has 1 aromatic rings. The van der Waals surface area contributed by atoms with Crippen molar-refractivity contribution in [2.45, 2.75) is 414 Å². The SMILES string of the molecule is CCCCCCCCCCCCC(CCCCCCCCCCCC)CCCCCC/C(C(=O)NCC)=C(/CCCCC(CCCCCCCCCCCC)CCCCCCCCCCCC)c1ccc(C(C)(C)C(C)C)[nH]1. The molecule has 0 unspecified atom stereocenters. The fourth-order valence-corrected chi connectivity index (χ4v) is 12.7. The summed E-state index contributed by atoms with van der Waals surface area (Å²) in [4.78, 5) is 18.2. The summed E-state index contributed by atoms with van der Waals surface area (Å²) < 4.78 is 0. The molecule has 0 aliphatic carbocycles. The van der Waals surface area contributed by atoms with Crippen LogP contribution in [0.5, 0.6) is 0 Å². The van der Waals surface area contributed by atoms with Gasteiger partial charge in [-0.1, -0.05) is 376 Å². The van der Waals surface area contributed by atoms with Gasteiger partial charge in [0.1, 0.15) is 0 Å². The minimum absolute atomic E-state index is 0.0463. The Hall–Kier alpha value is -1.51. The van der Waals surface area contributed by atoms with Gasteiger partial charge >= 0.3 is 0 Å². The molecular weight excluding hydrogens is 945 g/mol. The van der Waals surface area contributed by atoms with E-state index < -0.39 is 0 Å². The molecule has 460 valence electrons. The van der Waals surface area contributed by atoms with Crippen molar-refractivity contribution in [1.82, 2.24) is 10.3 Å². The number of hydrogen-bond donors (Lipinski definition) is 2. The third-order valence-electron chi connectivity index (χ3n) is 19.1. The van der Waals surface area contributed by atoms with Gasteiger partial charge in [0, 0.05) is 28.9 Å². The van der Waals surface area contributed by atoms with Crippen molar-refractivity contribution in [3.05, 3.63) is 29.1 Å². The van der Waals surface area contributed by atoms with Crippen molar-refractivity contribution in [3.63, 3.8) is 0 Å². The van der Waals surface area contributed by atoms with Crippen molar-refractivity contribution in [2.75, 3.05) is 6.54 Å². The Morgan fingerprint density at radius 2 is 0.654 bits per heavy atom. The number of H-pyrrole nitrogens is 1. The molecule has 0 spiro atoms. The Balaban J connectivity index is 3.03. The molecule has 1 rings (SSSR count). The minimum atomic E-state index is 0.0463. The molecule has 0 atom stereocenters. The molecule has 0 bridgehead atoms. The molecule has 3 nitrogen and oxygen atoms in total. The fraction of sp³-hybridized carbons (Fsp3) is 0.907. The molecule has 0 aliphatic heterocycles. The van der Waals surface area contributed by atoms with E-state index in [1.54, 1.807) is 0 Å². The average molecular weight is 1090 g/mol. The molecule has 1 aromatic heterocycles. The normalized spacial score (nSPS) is 12.5. The molecule has 0 fully saturated rings. The summed E-state index contributed by atoms with van der Waals surface area (Å²) >= 11 is 0. The number of aromatic nitrogens is 1. The highest BCUT2D eigenvalue weighted by atomic mass is 16.1. The number of allylic oxidation sites excluding steroid dienone is 1. The molecule has 0 aliphatic rings. The summed E-state index contributed by atoms with van der Waals surface area (Å²) in [6, 6.07) is 4.66. The smallest absolute Gasteiger partial charge is 0.247 e. The van der Waals surface area contributed by atoms with Crippen LogP contribution in [0.15, 0.2) is 17.7 Å². The Kier molecular flexibility index (Phi) is 52.3. The van der Waals surface area contributed by atoms with Crippen LogP contribution in [0, 0.1) is 17.8 Å². The highest BCUT2D eigenvalue weighted by Gasteiger charge is 2.27. The lowest BCUT2D eigenvalue weighted by Gasteiger charge is -2.28. The summed E-state index contributed by atoms with van der Waals surface area (Å²) in [6.45, 7) is 21.5. The zero-order valence-corrected chi connectivity index (χ0v) is 55.2. The number of likely N-dealkylation sites (N-methyl/N-ethyl adjacent to an activating group) is 1. The Labute approximate surface area is 492 Å². The first-order chi connectivity index (χ1) is 38.2. The number of hydrogen-bond acceptors (Lipinski definition) is 1. The molecule has 78 heavy (non-hydrogen) atoms. The molecule has 0 aromatic carbocycles. The maximum absolute atomic E-state index is 14.3. The van der Waals surface area contributed by atoms with Crippen molar-refractivity contribution >= 4 is 11.5 Å². The van der Waals surface area contributed by atoms with Crippen molar-refractivity contribution in [1.29, 1.82) is 0 Å². The third-order valence-corrected chi connectivity index (χ3v) is 19.1. The van der Waals surface area contributed by atoms with Gasteiger partial charge in [0.05, 0.1) is 0 Å². The van der Waals surface area contributed by atoms with Gasteiger partial charge < -0.3 is 10.3 Å². The molecule has 0 saturated carbocycles. The Morgan fingerprint density at radius 1 is 0.385 bits per heavy atom. The van der Waals surface area contributed by atoms with Crippen LogP contribution >= 0.6 is 0 Å². The maximum atomic E-state index is 14.3. The van der Waals surface area contributed by atoms with Crippen LogP contribution in [0.1, 0.15) is 420 Å². The second-order valence-electron chi connectivity index (χ2n) is 26.8. The van der Waals surface area contributed by atoms with E-state index in [0.29, 0.717) is 12.5 Å². The van der Waals surface area contributed by atoms with Crippen molar-refractivity contribution in [2.24, 2.45) is 17.8 Å². The van der Waals surface area contributed by atoms with Crippen LogP contribution in [0.3, 0.4) is 0 Å². The summed E-state index contributed by atoms with van der Waals surface area (Å²) in [5.41, 5.74) is 4.93. The van der Waals surface area contributed by atoms with Gasteiger partial charge in [-0.05, 0) is 68.1 Å². The predicted octanol–water partition coefficient (Wildman–Crippen LogP) is 26.2. The molecule has 3 heteroatoms. The van der Waals surface area contributed by atoms with E-state index in [-0.39, 0.29) is 11.3 Å². The van der Waals surface area contributed by atoms with Gasteiger partial charge in [-0.2, -0.15) is 0 Å². The van der Waals surface area contributed by atoms with Crippen LogP contribution in [-0.2, 0) is 10.2 Å². The monoisotopic (exact) mass is 1090 g/mol. The van der Waals surface area contributed by atoms with Gasteiger partial charge in [0.25, 0.3) is 0 Å². The lowest BCUT2D eigenvalue weighted by Crippen LogP contribution is -2.26. The van der Waals surface area contributed by atoms with E-state index in [2.05, 4.69) is 84.7 Å². The first-order valence-corrected chi connectivity index (χ1v) is 36.4. The predicted molar refractivity (Wildman–Crippen MR) is 353 cm³/mol. The van der Waals surface area contributed by atoms with Gasteiger partial charge in [-0.15, -0.1) is 0 Å². The molecule has 1 amide bonds.